The lowest BCUT2D eigenvalue weighted by Gasteiger charge is -2.16. The van der Waals surface area contributed by atoms with Crippen molar-refractivity contribution in [3.63, 3.8) is 0 Å². The predicted octanol–water partition coefficient (Wildman–Crippen LogP) is 3.54. The third-order valence-electron chi connectivity index (χ3n) is 4.22. The minimum absolute atomic E-state index is 0.190. The zero-order valence-corrected chi connectivity index (χ0v) is 17.4. The highest BCUT2D eigenvalue weighted by Crippen LogP contribution is 2.38. The number of nitrogens with two attached hydrogens (primary N) is 1. The number of carbonyl (C=O) groups excluding carboxylic acids is 1. The molecule has 0 unspecified atom stereocenters. The molecule has 0 atom stereocenters. The zero-order valence-electron chi connectivity index (χ0n) is 16.6. The quantitative estimate of drug-likeness (QED) is 0.421. The normalized spacial score (nSPS) is 10.3. The molecule has 0 bridgehead atoms. The number of nitrogen functional groups attached to an aromatic ring is 1. The van der Waals surface area contributed by atoms with Crippen LogP contribution in [0.4, 0.5) is 23.0 Å². The van der Waals surface area contributed by atoms with Crippen molar-refractivity contribution in [1.82, 2.24) is 15.4 Å². The van der Waals surface area contributed by atoms with Crippen LogP contribution in [-0.2, 0) is 0 Å². The molecule has 0 aliphatic heterocycles. The first-order valence-corrected chi connectivity index (χ1v) is 9.22. The van der Waals surface area contributed by atoms with E-state index in [2.05, 4.69) is 26.1 Å². The molecule has 0 spiro atoms. The number of aryl methyl sites for hydroxylation is 1. The van der Waals surface area contributed by atoms with Gasteiger partial charge in [0.25, 0.3) is 5.91 Å². The molecule has 0 radical (unpaired) electrons. The van der Waals surface area contributed by atoms with Crippen molar-refractivity contribution in [2.24, 2.45) is 0 Å². The Morgan fingerprint density at radius 1 is 1.03 bits per heavy atom. The van der Waals surface area contributed by atoms with Crippen molar-refractivity contribution in [3.05, 3.63) is 58.9 Å². The highest BCUT2D eigenvalue weighted by Gasteiger charge is 2.14. The molecule has 156 valence electrons. The number of nitrogens with one attached hydrogen (secondary N) is 3. The van der Waals surface area contributed by atoms with Crippen LogP contribution in [0.2, 0.25) is 5.02 Å². The van der Waals surface area contributed by atoms with Crippen LogP contribution < -0.4 is 31.4 Å². The minimum Gasteiger partial charge on any atom is -0.495 e. The van der Waals surface area contributed by atoms with Gasteiger partial charge in [0, 0.05) is 11.6 Å². The van der Waals surface area contributed by atoms with E-state index >= 15 is 0 Å². The molecule has 0 fully saturated rings. The number of carbonyl (C=O) groups is 1. The summed E-state index contributed by atoms with van der Waals surface area (Å²) in [5, 5.41) is 3.44. The van der Waals surface area contributed by atoms with E-state index in [1.165, 1.54) is 20.5 Å². The maximum atomic E-state index is 12.3. The van der Waals surface area contributed by atoms with Crippen LogP contribution in [-0.4, -0.2) is 30.1 Å². The van der Waals surface area contributed by atoms with Gasteiger partial charge in [-0.05, 0) is 25.1 Å². The number of ether oxygens (including phenoxy) is 2. The van der Waals surface area contributed by atoms with E-state index in [0.717, 1.165) is 5.56 Å². The molecule has 30 heavy (non-hydrogen) atoms. The van der Waals surface area contributed by atoms with Gasteiger partial charge in [0.15, 0.2) is 11.6 Å². The third-order valence-corrected chi connectivity index (χ3v) is 4.51. The molecule has 0 saturated heterocycles. The first kappa shape index (κ1) is 21.0. The first-order valence-electron chi connectivity index (χ1n) is 8.85. The molecular weight excluding hydrogens is 408 g/mol. The Morgan fingerprint density at radius 3 is 2.37 bits per heavy atom. The number of hydrazine groups is 1. The van der Waals surface area contributed by atoms with Crippen molar-refractivity contribution in [3.8, 4) is 11.5 Å². The van der Waals surface area contributed by atoms with Gasteiger partial charge in [-0.15, -0.1) is 0 Å². The predicted molar refractivity (Wildman–Crippen MR) is 117 cm³/mol. The zero-order chi connectivity index (χ0) is 21.7. The van der Waals surface area contributed by atoms with Crippen molar-refractivity contribution in [2.75, 3.05) is 30.7 Å². The van der Waals surface area contributed by atoms with Gasteiger partial charge >= 0.3 is 0 Å². The lowest BCUT2D eigenvalue weighted by Crippen LogP contribution is -2.30. The van der Waals surface area contributed by atoms with Crippen LogP contribution in [0.5, 0.6) is 11.5 Å². The fraction of sp³-hybridized carbons (Fsp3) is 0.150. The number of halogens is 1. The lowest BCUT2D eigenvalue weighted by atomic mass is 10.1. The van der Waals surface area contributed by atoms with Crippen LogP contribution in [0, 0.1) is 6.92 Å². The van der Waals surface area contributed by atoms with Gasteiger partial charge in [-0.25, -0.2) is 9.97 Å². The molecule has 9 nitrogen and oxygen atoms in total. The number of anilines is 4. The van der Waals surface area contributed by atoms with Gasteiger partial charge in [-0.1, -0.05) is 29.3 Å². The summed E-state index contributed by atoms with van der Waals surface area (Å²) in [5.41, 5.74) is 13.7. The van der Waals surface area contributed by atoms with Crippen LogP contribution >= 0.6 is 11.6 Å². The summed E-state index contributed by atoms with van der Waals surface area (Å²) in [7, 11) is 3.03. The Morgan fingerprint density at radius 2 is 1.70 bits per heavy atom. The Hall–Kier alpha value is -3.72. The maximum absolute atomic E-state index is 12.3. The standard InChI is InChI=1S/C20H21ClN6O3/c1-11-4-6-12(7-5-11)20(28)27-26-19-17(22)18(23-10-24-19)25-14-8-13(21)15(29-2)9-16(14)30-3/h4-10H,22H2,1-3H3,(H,27,28)(H2,23,24,25,26). The summed E-state index contributed by atoms with van der Waals surface area (Å²) < 4.78 is 10.6. The van der Waals surface area contributed by atoms with E-state index in [9.17, 15) is 4.79 Å². The third kappa shape index (κ3) is 4.64. The van der Waals surface area contributed by atoms with E-state index in [-0.39, 0.29) is 17.4 Å². The molecule has 10 heteroatoms. The number of aromatic nitrogens is 2. The van der Waals surface area contributed by atoms with Crippen LogP contribution in [0.15, 0.2) is 42.7 Å². The summed E-state index contributed by atoms with van der Waals surface area (Å²) in [5.74, 6) is 1.15. The maximum Gasteiger partial charge on any atom is 0.269 e. The van der Waals surface area contributed by atoms with Crippen molar-refractivity contribution in [2.45, 2.75) is 6.92 Å². The van der Waals surface area contributed by atoms with Crippen LogP contribution in [0.1, 0.15) is 15.9 Å². The summed E-state index contributed by atoms with van der Waals surface area (Å²) in [6.45, 7) is 1.95. The Kier molecular flexibility index (Phi) is 6.43. The Bertz CT molecular complexity index is 1060. The summed E-state index contributed by atoms with van der Waals surface area (Å²) >= 11 is 6.20. The second kappa shape index (κ2) is 9.19. The number of rotatable bonds is 7. The minimum atomic E-state index is -0.328. The number of nitrogens with zero attached hydrogens (tertiary/aromatic N) is 2. The molecule has 3 rings (SSSR count). The van der Waals surface area contributed by atoms with Gasteiger partial charge in [0.05, 0.1) is 24.9 Å². The summed E-state index contributed by atoms with van der Waals surface area (Å²) in [6.07, 6.45) is 1.30. The average Bonchev–Trinajstić information content (AvgIpc) is 2.75. The number of amides is 1. The largest absolute Gasteiger partial charge is 0.495 e. The fourth-order valence-electron chi connectivity index (χ4n) is 2.57. The second-order valence-electron chi connectivity index (χ2n) is 6.24. The monoisotopic (exact) mass is 428 g/mol. The molecule has 1 amide bonds. The highest BCUT2D eigenvalue weighted by atomic mass is 35.5. The van der Waals surface area contributed by atoms with E-state index in [1.54, 1.807) is 24.3 Å². The molecule has 1 heterocycles. The number of hydrogen-bond acceptors (Lipinski definition) is 8. The molecule has 2 aromatic carbocycles. The molecule has 3 aromatic rings. The van der Waals surface area contributed by atoms with Gasteiger partial charge in [0.2, 0.25) is 0 Å². The first-order chi connectivity index (χ1) is 14.4. The fourth-order valence-corrected chi connectivity index (χ4v) is 2.81. The molecule has 0 aliphatic rings. The van der Waals surface area contributed by atoms with Crippen molar-refractivity contribution in [1.29, 1.82) is 0 Å². The van der Waals surface area contributed by atoms with Gasteiger partial charge < -0.3 is 20.5 Å². The Labute approximate surface area is 178 Å². The number of methoxy groups -OCH3 is 2. The number of hydrogen-bond donors (Lipinski definition) is 4. The Balaban J connectivity index is 1.77. The van der Waals surface area contributed by atoms with E-state index in [4.69, 9.17) is 26.8 Å². The van der Waals surface area contributed by atoms with E-state index < -0.39 is 0 Å². The highest BCUT2D eigenvalue weighted by molar-refractivity contribution is 6.32. The van der Waals surface area contributed by atoms with Gasteiger partial charge in [0.1, 0.15) is 23.5 Å². The summed E-state index contributed by atoms with van der Waals surface area (Å²) in [4.78, 5) is 20.5. The molecule has 5 N–H and O–H groups in total. The van der Waals surface area contributed by atoms with Crippen LogP contribution in [0.25, 0.3) is 0 Å². The number of benzene rings is 2. The second-order valence-corrected chi connectivity index (χ2v) is 6.65. The topological polar surface area (TPSA) is 123 Å². The average molecular weight is 429 g/mol. The SMILES string of the molecule is COc1cc(OC)c(Nc2ncnc(NNC(=O)c3ccc(C)cc3)c2N)cc1Cl. The van der Waals surface area contributed by atoms with Crippen molar-refractivity contribution < 1.29 is 14.3 Å². The molecule has 1 aromatic heterocycles. The molecular formula is C20H21ClN6O3. The molecule has 0 saturated carbocycles. The van der Waals surface area contributed by atoms with E-state index in [1.807, 2.05) is 19.1 Å². The van der Waals surface area contributed by atoms with Crippen LogP contribution in [0.3, 0.4) is 0 Å². The van der Waals surface area contributed by atoms with Gasteiger partial charge in [-0.2, -0.15) is 0 Å². The lowest BCUT2D eigenvalue weighted by molar-refractivity contribution is 0.0962. The van der Waals surface area contributed by atoms with Gasteiger partial charge in [-0.3, -0.25) is 15.6 Å². The smallest absolute Gasteiger partial charge is 0.269 e. The molecule has 0 aliphatic carbocycles. The van der Waals surface area contributed by atoms with E-state index in [0.29, 0.717) is 33.6 Å². The summed E-state index contributed by atoms with van der Waals surface area (Å²) in [6, 6.07) is 10.4. The van der Waals surface area contributed by atoms with Crippen molar-refractivity contribution >= 4 is 40.5 Å².